The van der Waals surface area contributed by atoms with Gasteiger partial charge in [0, 0.05) is 19.2 Å². The second kappa shape index (κ2) is 7.98. The minimum absolute atomic E-state index is 0.239. The fourth-order valence-electron chi connectivity index (χ4n) is 2.43. The number of hydrazone groups is 1. The molecular formula is C16H22BN3O. The van der Waals surface area contributed by atoms with E-state index in [1.54, 1.807) is 6.21 Å². The first kappa shape index (κ1) is 15.8. The van der Waals surface area contributed by atoms with Gasteiger partial charge < -0.3 is 10.6 Å². The monoisotopic (exact) mass is 283 g/mol. The van der Waals surface area contributed by atoms with Gasteiger partial charge >= 0.3 is 0 Å². The lowest BCUT2D eigenvalue weighted by Crippen LogP contribution is -2.22. The van der Waals surface area contributed by atoms with Gasteiger partial charge in [-0.25, -0.2) is 0 Å². The number of ether oxygens (including phenoxy) is 1. The van der Waals surface area contributed by atoms with Gasteiger partial charge in [0.2, 0.25) is 0 Å². The van der Waals surface area contributed by atoms with Crippen molar-refractivity contribution in [3.8, 4) is 0 Å². The zero-order valence-electron chi connectivity index (χ0n) is 12.6. The van der Waals surface area contributed by atoms with Gasteiger partial charge in [-0.3, -0.25) is 4.99 Å². The van der Waals surface area contributed by atoms with Crippen molar-refractivity contribution in [2.24, 2.45) is 15.9 Å². The smallest absolute Gasteiger partial charge is 0.113 e. The van der Waals surface area contributed by atoms with Crippen LogP contribution < -0.4 is 11.3 Å². The van der Waals surface area contributed by atoms with E-state index in [4.69, 9.17) is 18.4 Å². The quantitative estimate of drug-likeness (QED) is 0.383. The fourth-order valence-corrected chi connectivity index (χ4v) is 2.43. The van der Waals surface area contributed by atoms with E-state index in [0.29, 0.717) is 13.0 Å². The van der Waals surface area contributed by atoms with Crippen molar-refractivity contribution in [1.82, 2.24) is 0 Å². The van der Waals surface area contributed by atoms with E-state index >= 15 is 0 Å². The Morgan fingerprint density at radius 3 is 3.05 bits per heavy atom. The van der Waals surface area contributed by atoms with E-state index in [1.807, 2.05) is 18.2 Å². The highest BCUT2D eigenvalue weighted by atomic mass is 16.5. The van der Waals surface area contributed by atoms with E-state index in [-0.39, 0.29) is 6.10 Å². The molecule has 1 aliphatic heterocycles. The van der Waals surface area contributed by atoms with Crippen LogP contribution in [0, 0.1) is 6.92 Å². The first-order valence-corrected chi connectivity index (χ1v) is 7.42. The maximum atomic E-state index is 5.82. The maximum Gasteiger partial charge on any atom is 0.113 e. The molecule has 1 atom stereocenters. The number of hydrogen-bond acceptors (Lipinski definition) is 4. The summed E-state index contributed by atoms with van der Waals surface area (Å²) in [4.78, 5) is 4.42. The van der Waals surface area contributed by atoms with E-state index in [9.17, 15) is 0 Å². The maximum absolute atomic E-state index is 5.82. The molecule has 0 aliphatic carbocycles. The molecule has 0 bridgehead atoms. The van der Waals surface area contributed by atoms with Crippen LogP contribution in [0.4, 0.5) is 0 Å². The zero-order valence-corrected chi connectivity index (χ0v) is 12.6. The van der Waals surface area contributed by atoms with Crippen LogP contribution in [-0.2, 0) is 11.2 Å². The summed E-state index contributed by atoms with van der Waals surface area (Å²) in [7, 11) is 5.82. The van der Waals surface area contributed by atoms with E-state index in [2.05, 4.69) is 17.0 Å². The molecule has 1 aromatic rings. The number of nitrogens with zero attached hydrogens (tertiary/aromatic N) is 2. The Morgan fingerprint density at radius 2 is 2.33 bits per heavy atom. The molecule has 110 valence electrons. The first-order valence-electron chi connectivity index (χ1n) is 7.42. The van der Waals surface area contributed by atoms with E-state index in [0.717, 1.165) is 36.2 Å². The molecule has 1 aliphatic rings. The molecule has 0 spiro atoms. The zero-order chi connectivity index (χ0) is 15.1. The lowest BCUT2D eigenvalue weighted by atomic mass is 9.91. The summed E-state index contributed by atoms with van der Waals surface area (Å²) in [6.07, 6.45) is 6.09. The summed E-state index contributed by atoms with van der Waals surface area (Å²) in [5, 5.41) is 3.82. The number of hydrogen-bond donors (Lipinski definition) is 1. The van der Waals surface area contributed by atoms with E-state index in [1.165, 1.54) is 12.0 Å². The second-order valence-electron chi connectivity index (χ2n) is 5.47. The van der Waals surface area contributed by atoms with Crippen LogP contribution in [0.15, 0.2) is 28.3 Å². The topological polar surface area (TPSA) is 60.0 Å². The summed E-state index contributed by atoms with van der Waals surface area (Å²) in [6.45, 7) is 3.57. The first-order chi connectivity index (χ1) is 10.2. The molecule has 2 rings (SSSR count). The van der Waals surface area contributed by atoms with Crippen molar-refractivity contribution in [1.29, 1.82) is 0 Å². The fraction of sp³-hybridized carbons (Fsp3) is 0.500. The lowest BCUT2D eigenvalue weighted by Gasteiger charge is -2.20. The van der Waals surface area contributed by atoms with Crippen molar-refractivity contribution in [2.75, 3.05) is 13.2 Å². The van der Waals surface area contributed by atoms with Crippen LogP contribution in [-0.4, -0.2) is 39.0 Å². The molecule has 1 unspecified atom stereocenters. The Kier molecular flexibility index (Phi) is 5.99. The largest absolute Gasteiger partial charge is 0.376 e. The van der Waals surface area contributed by atoms with Crippen molar-refractivity contribution in [2.45, 2.75) is 38.7 Å². The Labute approximate surface area is 127 Å². The Bertz CT molecular complexity index is 522. The molecule has 2 radical (unpaired) electrons. The van der Waals surface area contributed by atoms with Gasteiger partial charge in [-0.15, -0.1) is 0 Å². The molecule has 1 heterocycles. The molecule has 4 nitrogen and oxygen atoms in total. The molecule has 0 aromatic heterocycles. The van der Waals surface area contributed by atoms with Crippen molar-refractivity contribution in [3.63, 3.8) is 0 Å². The van der Waals surface area contributed by atoms with Crippen LogP contribution in [0.5, 0.6) is 0 Å². The van der Waals surface area contributed by atoms with Gasteiger partial charge in [-0.05, 0) is 37.3 Å². The number of rotatable bonds is 5. The lowest BCUT2D eigenvalue weighted by molar-refractivity contribution is 0.0226. The van der Waals surface area contributed by atoms with Crippen LogP contribution in [0.3, 0.4) is 0 Å². The number of nitrogens with two attached hydrogens (primary N) is 1. The number of aryl methyl sites for hydroxylation is 1. The molecule has 1 saturated heterocycles. The molecule has 0 saturated carbocycles. The Morgan fingerprint density at radius 1 is 1.48 bits per heavy atom. The molecule has 1 aromatic carbocycles. The van der Waals surface area contributed by atoms with Gasteiger partial charge in [0.25, 0.3) is 0 Å². The van der Waals surface area contributed by atoms with Crippen molar-refractivity contribution < 1.29 is 4.74 Å². The van der Waals surface area contributed by atoms with E-state index < -0.39 is 0 Å². The number of benzene rings is 1. The van der Waals surface area contributed by atoms with Crippen LogP contribution in [0.2, 0.25) is 0 Å². The molecule has 5 heteroatoms. The molecule has 2 N–H and O–H groups in total. The van der Waals surface area contributed by atoms with Gasteiger partial charge in [0.1, 0.15) is 7.85 Å². The van der Waals surface area contributed by atoms with Crippen molar-refractivity contribution in [3.05, 3.63) is 29.3 Å². The SMILES string of the molecule is [B]c1ccc(C)c(C/C(C=NCC2CCCCO2)=N/N)c1. The summed E-state index contributed by atoms with van der Waals surface area (Å²) in [5.41, 5.74) is 3.80. The van der Waals surface area contributed by atoms with Crippen molar-refractivity contribution >= 4 is 25.2 Å². The molecule has 21 heavy (non-hydrogen) atoms. The average Bonchev–Trinajstić information content (AvgIpc) is 2.51. The Balaban J connectivity index is 1.92. The highest BCUT2D eigenvalue weighted by Crippen LogP contribution is 2.12. The average molecular weight is 283 g/mol. The highest BCUT2D eigenvalue weighted by Gasteiger charge is 2.12. The summed E-state index contributed by atoms with van der Waals surface area (Å²) < 4.78 is 5.65. The third-order valence-electron chi connectivity index (χ3n) is 3.73. The van der Waals surface area contributed by atoms with Crippen LogP contribution >= 0.6 is 0 Å². The van der Waals surface area contributed by atoms with Gasteiger partial charge in [-0.2, -0.15) is 5.10 Å². The second-order valence-corrected chi connectivity index (χ2v) is 5.47. The van der Waals surface area contributed by atoms with Gasteiger partial charge in [-0.1, -0.05) is 23.7 Å². The summed E-state index contributed by atoms with van der Waals surface area (Å²) in [5.74, 6) is 5.46. The predicted molar refractivity (Wildman–Crippen MR) is 88.8 cm³/mol. The Hall–Kier alpha value is -1.62. The summed E-state index contributed by atoms with van der Waals surface area (Å²) in [6, 6.07) is 5.86. The third kappa shape index (κ3) is 5.01. The van der Waals surface area contributed by atoms with Crippen LogP contribution in [0.25, 0.3) is 0 Å². The highest BCUT2D eigenvalue weighted by molar-refractivity contribution is 6.33. The van der Waals surface area contributed by atoms with Gasteiger partial charge in [0.15, 0.2) is 0 Å². The van der Waals surface area contributed by atoms with Crippen LogP contribution in [0.1, 0.15) is 30.4 Å². The third-order valence-corrected chi connectivity index (χ3v) is 3.73. The molecular weight excluding hydrogens is 261 g/mol. The predicted octanol–water partition coefficient (Wildman–Crippen LogP) is 1.29. The normalized spacial score (nSPS) is 20.0. The number of aliphatic imine (C=N–C) groups is 1. The van der Waals surface area contributed by atoms with Gasteiger partial charge in [0.05, 0.1) is 18.4 Å². The molecule has 0 amide bonds. The molecule has 1 fully saturated rings. The standard InChI is InChI=1S/C16H22BN3O/c1-12-5-6-14(17)8-13(12)9-15(20-18)10-19-11-16-4-2-3-7-21-16/h5-6,8,10,16H,2-4,7,9,11,18H2,1H3/b19-10?,20-15-. The minimum atomic E-state index is 0.239. The minimum Gasteiger partial charge on any atom is -0.376 e. The summed E-state index contributed by atoms with van der Waals surface area (Å²) >= 11 is 0.